The number of sulfonamides is 1. The number of H-pyrrole nitrogens is 1. The Morgan fingerprint density at radius 1 is 1.25 bits per heavy atom. The number of aryl methyl sites for hydroxylation is 2. The molecule has 0 bridgehead atoms. The van der Waals surface area contributed by atoms with Gasteiger partial charge >= 0.3 is 0 Å². The molecule has 3 heterocycles. The quantitative estimate of drug-likeness (QED) is 0.893. The zero-order valence-corrected chi connectivity index (χ0v) is 14.5. The van der Waals surface area contributed by atoms with Crippen LogP contribution in [0.15, 0.2) is 27.7 Å². The highest BCUT2D eigenvalue weighted by molar-refractivity contribution is 7.89. The lowest BCUT2D eigenvalue weighted by Gasteiger charge is -2.21. The number of rotatable bonds is 3. The zero-order valence-electron chi connectivity index (χ0n) is 13.7. The molecule has 1 aliphatic heterocycles. The molecule has 0 aromatic carbocycles. The first-order valence-corrected chi connectivity index (χ1v) is 9.20. The molecule has 2 aromatic heterocycles. The fourth-order valence-corrected chi connectivity index (χ4v) is 4.74. The van der Waals surface area contributed by atoms with Gasteiger partial charge in [0.1, 0.15) is 4.90 Å². The van der Waals surface area contributed by atoms with Crippen LogP contribution >= 0.6 is 0 Å². The number of furan rings is 1. The zero-order chi connectivity index (χ0) is 17.3. The fraction of sp³-hybridized carbons (Fsp3) is 0.467. The second-order valence-corrected chi connectivity index (χ2v) is 7.67. The summed E-state index contributed by atoms with van der Waals surface area (Å²) in [5.74, 6) is 0.0581. The van der Waals surface area contributed by atoms with E-state index in [1.54, 1.807) is 30.9 Å². The van der Waals surface area contributed by atoms with Gasteiger partial charge in [0.05, 0.1) is 17.7 Å². The van der Waals surface area contributed by atoms with Crippen LogP contribution in [-0.2, 0) is 10.0 Å². The molecule has 0 radical (unpaired) electrons. The van der Waals surface area contributed by atoms with Crippen LogP contribution in [0, 0.1) is 13.8 Å². The molecule has 1 amide bonds. The van der Waals surface area contributed by atoms with Crippen LogP contribution in [0.5, 0.6) is 0 Å². The van der Waals surface area contributed by atoms with Gasteiger partial charge in [-0.25, -0.2) is 8.42 Å². The molecule has 9 heteroatoms. The van der Waals surface area contributed by atoms with Gasteiger partial charge in [0.2, 0.25) is 10.0 Å². The molecule has 0 saturated carbocycles. The van der Waals surface area contributed by atoms with E-state index < -0.39 is 10.0 Å². The van der Waals surface area contributed by atoms with Gasteiger partial charge in [-0.15, -0.1) is 0 Å². The van der Waals surface area contributed by atoms with E-state index in [0.29, 0.717) is 37.4 Å². The lowest BCUT2D eigenvalue weighted by molar-refractivity contribution is 0.0732. The van der Waals surface area contributed by atoms with E-state index in [1.807, 2.05) is 0 Å². The third kappa shape index (κ3) is 2.96. The summed E-state index contributed by atoms with van der Waals surface area (Å²) >= 11 is 0. The van der Waals surface area contributed by atoms with Crippen molar-refractivity contribution in [1.29, 1.82) is 0 Å². The van der Waals surface area contributed by atoms with Crippen molar-refractivity contribution in [2.45, 2.75) is 25.2 Å². The highest BCUT2D eigenvalue weighted by Crippen LogP contribution is 2.23. The van der Waals surface area contributed by atoms with Crippen molar-refractivity contribution < 1.29 is 17.6 Å². The molecular weight excluding hydrogens is 332 g/mol. The summed E-state index contributed by atoms with van der Waals surface area (Å²) < 4.78 is 32.3. The molecule has 3 rings (SSSR count). The maximum atomic E-state index is 12.9. The van der Waals surface area contributed by atoms with Crippen molar-refractivity contribution in [2.75, 3.05) is 26.2 Å². The second kappa shape index (κ2) is 6.40. The first-order chi connectivity index (χ1) is 11.4. The van der Waals surface area contributed by atoms with Crippen molar-refractivity contribution in [3.05, 3.63) is 35.5 Å². The van der Waals surface area contributed by atoms with Gasteiger partial charge in [-0.2, -0.15) is 9.40 Å². The molecule has 0 unspecified atom stereocenters. The predicted molar refractivity (Wildman–Crippen MR) is 86.0 cm³/mol. The van der Waals surface area contributed by atoms with Crippen LogP contribution in [0.3, 0.4) is 0 Å². The van der Waals surface area contributed by atoms with E-state index in [9.17, 15) is 13.2 Å². The standard InChI is InChI=1S/C15H20N4O4S/c1-11-14(12(2)17-16-11)24(21,22)19-7-4-6-18(8-9-19)15(20)13-5-3-10-23-13/h3,5,10H,4,6-9H2,1-2H3,(H,16,17). The number of carbonyl (C=O) groups is 1. The molecule has 8 nitrogen and oxygen atoms in total. The minimum Gasteiger partial charge on any atom is -0.459 e. The van der Waals surface area contributed by atoms with E-state index in [0.717, 1.165) is 0 Å². The largest absolute Gasteiger partial charge is 0.459 e. The molecule has 0 spiro atoms. The topological polar surface area (TPSA) is 99.5 Å². The average molecular weight is 352 g/mol. The van der Waals surface area contributed by atoms with E-state index >= 15 is 0 Å². The van der Waals surface area contributed by atoms with Crippen molar-refractivity contribution in [3.8, 4) is 0 Å². The summed E-state index contributed by atoms with van der Waals surface area (Å²) in [6, 6.07) is 3.27. The van der Waals surface area contributed by atoms with Crippen LogP contribution in [-0.4, -0.2) is 59.9 Å². The normalized spacial score (nSPS) is 17.0. The molecule has 0 atom stereocenters. The average Bonchev–Trinajstić information content (AvgIpc) is 3.10. The number of carbonyl (C=O) groups excluding carboxylic acids is 1. The molecule has 0 aliphatic carbocycles. The van der Waals surface area contributed by atoms with Gasteiger partial charge in [0, 0.05) is 26.2 Å². The van der Waals surface area contributed by atoms with E-state index in [1.165, 1.54) is 10.6 Å². The third-order valence-electron chi connectivity index (χ3n) is 4.13. The second-order valence-electron chi connectivity index (χ2n) is 5.79. The summed E-state index contributed by atoms with van der Waals surface area (Å²) in [5.41, 5.74) is 0.987. The van der Waals surface area contributed by atoms with Crippen LogP contribution in [0.1, 0.15) is 28.4 Å². The number of hydrogen-bond acceptors (Lipinski definition) is 5. The van der Waals surface area contributed by atoms with Crippen LogP contribution in [0.4, 0.5) is 0 Å². The predicted octanol–water partition coefficient (Wildman–Crippen LogP) is 1.16. The summed E-state index contributed by atoms with van der Waals surface area (Å²) in [6.07, 6.45) is 2.02. The van der Waals surface area contributed by atoms with Gasteiger partial charge in [-0.1, -0.05) is 0 Å². The summed E-state index contributed by atoms with van der Waals surface area (Å²) in [7, 11) is -3.63. The summed E-state index contributed by atoms with van der Waals surface area (Å²) in [4.78, 5) is 14.2. The lowest BCUT2D eigenvalue weighted by Crippen LogP contribution is -2.37. The summed E-state index contributed by atoms with van der Waals surface area (Å²) in [5, 5.41) is 6.68. The molecule has 1 aliphatic rings. The number of nitrogens with zero attached hydrogens (tertiary/aromatic N) is 3. The first-order valence-electron chi connectivity index (χ1n) is 7.76. The van der Waals surface area contributed by atoms with Crippen molar-refractivity contribution in [3.63, 3.8) is 0 Å². The minimum atomic E-state index is -3.63. The number of amides is 1. The van der Waals surface area contributed by atoms with Gasteiger partial charge in [-0.05, 0) is 32.4 Å². The number of aromatic nitrogens is 2. The van der Waals surface area contributed by atoms with Crippen molar-refractivity contribution in [2.24, 2.45) is 0 Å². The summed E-state index contributed by atoms with van der Waals surface area (Å²) in [6.45, 7) is 4.80. The Balaban J connectivity index is 1.77. The highest BCUT2D eigenvalue weighted by atomic mass is 32.2. The molecular formula is C15H20N4O4S. The van der Waals surface area contributed by atoms with E-state index in [4.69, 9.17) is 4.42 Å². The van der Waals surface area contributed by atoms with Crippen LogP contribution < -0.4 is 0 Å². The molecule has 24 heavy (non-hydrogen) atoms. The monoisotopic (exact) mass is 352 g/mol. The number of aromatic amines is 1. The lowest BCUT2D eigenvalue weighted by atomic mass is 10.3. The third-order valence-corrected chi connectivity index (χ3v) is 6.29. The molecule has 1 N–H and O–H groups in total. The Hall–Kier alpha value is -2.13. The van der Waals surface area contributed by atoms with Gasteiger partial charge in [-0.3, -0.25) is 9.89 Å². The fourth-order valence-electron chi connectivity index (χ4n) is 2.94. The molecule has 1 saturated heterocycles. The smallest absolute Gasteiger partial charge is 0.289 e. The molecule has 1 fully saturated rings. The Morgan fingerprint density at radius 3 is 2.67 bits per heavy atom. The van der Waals surface area contributed by atoms with Gasteiger partial charge < -0.3 is 9.32 Å². The van der Waals surface area contributed by atoms with Crippen molar-refractivity contribution in [1.82, 2.24) is 19.4 Å². The van der Waals surface area contributed by atoms with E-state index in [-0.39, 0.29) is 23.1 Å². The van der Waals surface area contributed by atoms with Gasteiger partial charge in [0.25, 0.3) is 5.91 Å². The number of nitrogens with one attached hydrogen (secondary N) is 1. The Labute approximate surface area is 140 Å². The van der Waals surface area contributed by atoms with Crippen molar-refractivity contribution >= 4 is 15.9 Å². The maximum Gasteiger partial charge on any atom is 0.289 e. The van der Waals surface area contributed by atoms with Crippen LogP contribution in [0.25, 0.3) is 0 Å². The SMILES string of the molecule is Cc1n[nH]c(C)c1S(=O)(=O)N1CCCN(C(=O)c2ccco2)CC1. The molecule has 2 aromatic rings. The Bertz CT molecular complexity index is 806. The van der Waals surface area contributed by atoms with E-state index in [2.05, 4.69) is 10.2 Å². The Kier molecular flexibility index (Phi) is 4.46. The highest BCUT2D eigenvalue weighted by Gasteiger charge is 2.32. The minimum absolute atomic E-state index is 0.213. The molecule has 130 valence electrons. The first kappa shape index (κ1) is 16.7. The maximum absolute atomic E-state index is 12.9. The van der Waals surface area contributed by atoms with Crippen LogP contribution in [0.2, 0.25) is 0 Å². The Morgan fingerprint density at radius 2 is 2.04 bits per heavy atom. The number of hydrogen-bond donors (Lipinski definition) is 1. The van der Waals surface area contributed by atoms with Gasteiger partial charge in [0.15, 0.2) is 5.76 Å².